The van der Waals surface area contributed by atoms with E-state index in [2.05, 4.69) is 15.5 Å². The Labute approximate surface area is 158 Å². The van der Waals surface area contributed by atoms with E-state index in [1.807, 2.05) is 30.3 Å². The van der Waals surface area contributed by atoms with Gasteiger partial charge < -0.3 is 10.1 Å². The molecule has 9 heteroatoms. The van der Waals surface area contributed by atoms with Gasteiger partial charge in [-0.2, -0.15) is 0 Å². The number of ether oxygens (including phenoxy) is 1. The van der Waals surface area contributed by atoms with Crippen LogP contribution < -0.4 is 5.32 Å². The molecule has 6 nitrogen and oxygen atoms in total. The molecular weight excluding hydrogens is 374 g/mol. The van der Waals surface area contributed by atoms with Crippen LogP contribution in [0.5, 0.6) is 0 Å². The molecule has 2 aromatic carbocycles. The van der Waals surface area contributed by atoms with Gasteiger partial charge in [0.05, 0.1) is 11.4 Å². The Kier molecular flexibility index (Phi) is 6.15. The lowest BCUT2D eigenvalue weighted by atomic mass is 10.3. The minimum atomic E-state index is -0.704. The number of carbonyl (C=O) groups is 1. The van der Waals surface area contributed by atoms with Crippen molar-refractivity contribution in [3.63, 3.8) is 0 Å². The zero-order valence-corrected chi connectivity index (χ0v) is 15.2. The molecule has 0 aliphatic rings. The highest BCUT2D eigenvalue weighted by Crippen LogP contribution is 2.23. The Balaban J connectivity index is 1.74. The number of para-hydroxylation sites is 1. The predicted octanol–water partition coefficient (Wildman–Crippen LogP) is 3.42. The third kappa shape index (κ3) is 4.69. The van der Waals surface area contributed by atoms with E-state index in [1.54, 1.807) is 11.7 Å². The molecule has 0 saturated carbocycles. The minimum absolute atomic E-state index is 0.0477. The third-order valence-electron chi connectivity index (χ3n) is 3.52. The summed E-state index contributed by atoms with van der Waals surface area (Å²) in [5, 5.41) is 11.0. The van der Waals surface area contributed by atoms with Crippen molar-refractivity contribution in [3.05, 3.63) is 66.0 Å². The van der Waals surface area contributed by atoms with Crippen molar-refractivity contribution in [2.24, 2.45) is 0 Å². The van der Waals surface area contributed by atoms with Crippen LogP contribution in [0.3, 0.4) is 0 Å². The van der Waals surface area contributed by atoms with E-state index in [9.17, 15) is 13.6 Å². The van der Waals surface area contributed by atoms with Gasteiger partial charge in [0.15, 0.2) is 11.0 Å². The Morgan fingerprint density at radius 1 is 1.19 bits per heavy atom. The van der Waals surface area contributed by atoms with Crippen molar-refractivity contribution in [2.75, 3.05) is 18.2 Å². The van der Waals surface area contributed by atoms with Crippen LogP contribution in [-0.4, -0.2) is 33.5 Å². The lowest BCUT2D eigenvalue weighted by Gasteiger charge is -2.10. The van der Waals surface area contributed by atoms with E-state index < -0.39 is 17.5 Å². The van der Waals surface area contributed by atoms with Gasteiger partial charge in [-0.25, -0.2) is 8.78 Å². The van der Waals surface area contributed by atoms with Crippen LogP contribution in [0.15, 0.2) is 53.7 Å². The Hall–Kier alpha value is -2.78. The SMILES string of the molecule is COCc1nnc(SCC(=O)Nc2cc(F)ccc2F)n1-c1ccccc1. The van der Waals surface area contributed by atoms with Crippen LogP contribution in [0, 0.1) is 11.6 Å². The standard InChI is InChI=1S/C18H16F2N4O2S/c1-26-10-16-22-23-18(24(16)13-5-3-2-4-6-13)27-11-17(25)21-15-9-12(19)7-8-14(15)20/h2-9H,10-11H2,1H3,(H,21,25). The molecule has 1 amide bonds. The van der Waals surface area contributed by atoms with Gasteiger partial charge in [-0.3, -0.25) is 9.36 Å². The molecule has 0 aliphatic carbocycles. The summed E-state index contributed by atoms with van der Waals surface area (Å²) in [5.41, 5.74) is 0.624. The lowest BCUT2D eigenvalue weighted by molar-refractivity contribution is -0.113. The molecule has 0 bridgehead atoms. The molecule has 3 rings (SSSR count). The number of halogens is 2. The van der Waals surface area contributed by atoms with Crippen LogP contribution in [0.25, 0.3) is 5.69 Å². The Morgan fingerprint density at radius 3 is 2.70 bits per heavy atom. The first-order valence-corrected chi connectivity index (χ1v) is 8.93. The number of amides is 1. The maximum atomic E-state index is 13.6. The van der Waals surface area contributed by atoms with Crippen LogP contribution in [0.1, 0.15) is 5.82 Å². The summed E-state index contributed by atoms with van der Waals surface area (Å²) >= 11 is 1.13. The molecule has 0 fully saturated rings. The number of nitrogens with zero attached hydrogens (tertiary/aromatic N) is 3. The van der Waals surface area contributed by atoms with Crippen LogP contribution in [0.4, 0.5) is 14.5 Å². The number of hydrogen-bond donors (Lipinski definition) is 1. The molecule has 0 aliphatic heterocycles. The highest BCUT2D eigenvalue weighted by Gasteiger charge is 2.16. The summed E-state index contributed by atoms with van der Waals surface area (Å²) in [6.07, 6.45) is 0. The maximum Gasteiger partial charge on any atom is 0.234 e. The number of aromatic nitrogens is 3. The van der Waals surface area contributed by atoms with Crippen LogP contribution >= 0.6 is 11.8 Å². The molecule has 3 aromatic rings. The predicted molar refractivity (Wildman–Crippen MR) is 97.8 cm³/mol. The molecule has 1 aromatic heterocycles. The summed E-state index contributed by atoms with van der Waals surface area (Å²) in [6, 6.07) is 12.3. The maximum absolute atomic E-state index is 13.6. The first-order valence-electron chi connectivity index (χ1n) is 7.95. The normalized spacial score (nSPS) is 10.8. The fourth-order valence-electron chi connectivity index (χ4n) is 2.36. The Morgan fingerprint density at radius 2 is 1.96 bits per heavy atom. The van der Waals surface area contributed by atoms with Gasteiger partial charge in [0.2, 0.25) is 5.91 Å². The first kappa shape index (κ1) is 19.0. The van der Waals surface area contributed by atoms with Gasteiger partial charge in [0.1, 0.15) is 18.2 Å². The Bertz CT molecular complexity index is 934. The second-order valence-corrected chi connectivity index (χ2v) is 6.41. The van der Waals surface area contributed by atoms with Gasteiger partial charge in [-0.05, 0) is 24.3 Å². The van der Waals surface area contributed by atoms with Crippen molar-refractivity contribution < 1.29 is 18.3 Å². The molecule has 0 atom stereocenters. The highest BCUT2D eigenvalue weighted by molar-refractivity contribution is 7.99. The number of benzene rings is 2. The molecular formula is C18H16F2N4O2S. The molecule has 0 unspecified atom stereocenters. The second kappa shape index (κ2) is 8.74. The number of carbonyl (C=O) groups excluding carboxylic acids is 1. The third-order valence-corrected chi connectivity index (χ3v) is 4.45. The van der Waals surface area contributed by atoms with E-state index in [-0.39, 0.29) is 18.0 Å². The summed E-state index contributed by atoms with van der Waals surface area (Å²) in [4.78, 5) is 12.1. The van der Waals surface area contributed by atoms with E-state index in [4.69, 9.17) is 4.74 Å². The topological polar surface area (TPSA) is 69.0 Å². The summed E-state index contributed by atoms with van der Waals surface area (Å²) in [7, 11) is 1.55. The van der Waals surface area contributed by atoms with Gasteiger partial charge in [-0.1, -0.05) is 30.0 Å². The van der Waals surface area contributed by atoms with Crippen LogP contribution in [-0.2, 0) is 16.1 Å². The summed E-state index contributed by atoms with van der Waals surface area (Å²) in [6.45, 7) is 0.253. The monoisotopic (exact) mass is 390 g/mol. The number of rotatable bonds is 7. The van der Waals surface area contributed by atoms with Crippen molar-refractivity contribution in [1.82, 2.24) is 14.8 Å². The quantitative estimate of drug-likeness (QED) is 0.626. The molecule has 0 radical (unpaired) electrons. The smallest absolute Gasteiger partial charge is 0.234 e. The molecule has 0 spiro atoms. The van der Waals surface area contributed by atoms with E-state index in [0.717, 1.165) is 35.6 Å². The fraction of sp³-hybridized carbons (Fsp3) is 0.167. The number of nitrogens with one attached hydrogen (secondary N) is 1. The molecule has 140 valence electrons. The second-order valence-electron chi connectivity index (χ2n) is 5.46. The summed E-state index contributed by atoms with van der Waals surface area (Å²) < 4.78 is 33.8. The zero-order chi connectivity index (χ0) is 19.2. The minimum Gasteiger partial charge on any atom is -0.377 e. The highest BCUT2D eigenvalue weighted by atomic mass is 32.2. The summed E-state index contributed by atoms with van der Waals surface area (Å²) in [5.74, 6) is -1.28. The average Bonchev–Trinajstić information content (AvgIpc) is 3.07. The van der Waals surface area contributed by atoms with E-state index in [1.165, 1.54) is 0 Å². The first-order chi connectivity index (χ1) is 13.1. The van der Waals surface area contributed by atoms with Crippen molar-refractivity contribution in [1.29, 1.82) is 0 Å². The lowest BCUT2D eigenvalue weighted by Crippen LogP contribution is -2.16. The zero-order valence-electron chi connectivity index (χ0n) is 14.4. The number of anilines is 1. The largest absolute Gasteiger partial charge is 0.377 e. The fourth-order valence-corrected chi connectivity index (χ4v) is 3.13. The average molecular weight is 390 g/mol. The molecule has 27 heavy (non-hydrogen) atoms. The van der Waals surface area contributed by atoms with E-state index in [0.29, 0.717) is 11.0 Å². The number of methoxy groups -OCH3 is 1. The van der Waals surface area contributed by atoms with Crippen LogP contribution in [0.2, 0.25) is 0 Å². The van der Waals surface area contributed by atoms with Gasteiger partial charge in [-0.15, -0.1) is 10.2 Å². The number of thioether (sulfide) groups is 1. The van der Waals surface area contributed by atoms with Crippen molar-refractivity contribution in [3.8, 4) is 5.69 Å². The number of hydrogen-bond acceptors (Lipinski definition) is 5. The van der Waals surface area contributed by atoms with E-state index >= 15 is 0 Å². The molecule has 1 heterocycles. The van der Waals surface area contributed by atoms with Gasteiger partial charge in [0, 0.05) is 18.9 Å². The van der Waals surface area contributed by atoms with Crippen molar-refractivity contribution in [2.45, 2.75) is 11.8 Å². The molecule has 1 N–H and O–H groups in total. The van der Waals surface area contributed by atoms with Crippen molar-refractivity contribution >= 4 is 23.4 Å². The van der Waals surface area contributed by atoms with Gasteiger partial charge >= 0.3 is 0 Å². The molecule has 0 saturated heterocycles. The van der Waals surface area contributed by atoms with Gasteiger partial charge in [0.25, 0.3) is 0 Å².